The molecule has 0 amide bonds. The lowest BCUT2D eigenvalue weighted by Crippen LogP contribution is -2.44. The zero-order valence-electron chi connectivity index (χ0n) is 9.58. The molecule has 3 heteroatoms. The molecule has 0 bridgehead atoms. The first kappa shape index (κ1) is 11.4. The third-order valence-corrected chi connectivity index (χ3v) is 3.06. The van der Waals surface area contributed by atoms with Gasteiger partial charge in [-0.15, -0.1) is 0 Å². The third kappa shape index (κ3) is 2.73. The Morgan fingerprint density at radius 3 is 2.88 bits per heavy atom. The molecule has 88 valence electrons. The molecule has 2 unspecified atom stereocenters. The Bertz CT molecular complexity index is 336. The molecule has 1 aliphatic rings. The van der Waals surface area contributed by atoms with Crippen LogP contribution in [-0.2, 0) is 0 Å². The van der Waals surface area contributed by atoms with Gasteiger partial charge in [0.1, 0.15) is 6.10 Å². The molecule has 1 aromatic carbocycles. The second-order valence-corrected chi connectivity index (χ2v) is 4.31. The van der Waals surface area contributed by atoms with Crippen molar-refractivity contribution in [3.63, 3.8) is 0 Å². The number of nitrogens with one attached hydrogen (secondary N) is 1. The maximum absolute atomic E-state index is 13.4. The van der Waals surface area contributed by atoms with Gasteiger partial charge in [0.15, 0.2) is 11.6 Å². The van der Waals surface area contributed by atoms with Gasteiger partial charge in [0.05, 0.1) is 0 Å². The number of benzene rings is 1. The van der Waals surface area contributed by atoms with E-state index in [0.29, 0.717) is 11.8 Å². The summed E-state index contributed by atoms with van der Waals surface area (Å²) in [6.07, 6.45) is 3.57. The van der Waals surface area contributed by atoms with E-state index in [1.54, 1.807) is 18.2 Å². The molecule has 0 saturated carbocycles. The molecule has 2 nitrogen and oxygen atoms in total. The van der Waals surface area contributed by atoms with E-state index in [9.17, 15) is 4.39 Å². The Morgan fingerprint density at radius 1 is 1.38 bits per heavy atom. The average Bonchev–Trinajstić information content (AvgIpc) is 2.33. The average molecular weight is 223 g/mol. The van der Waals surface area contributed by atoms with E-state index < -0.39 is 0 Å². The molecule has 1 N–H and O–H groups in total. The van der Waals surface area contributed by atoms with Crippen molar-refractivity contribution in [1.29, 1.82) is 0 Å². The fraction of sp³-hybridized carbons (Fsp3) is 0.538. The van der Waals surface area contributed by atoms with Crippen LogP contribution in [0.15, 0.2) is 24.3 Å². The second-order valence-electron chi connectivity index (χ2n) is 4.31. The summed E-state index contributed by atoms with van der Waals surface area (Å²) in [6.45, 7) is 3.03. The Balaban J connectivity index is 1.96. The quantitative estimate of drug-likeness (QED) is 0.850. The van der Waals surface area contributed by atoms with Crippen LogP contribution < -0.4 is 10.1 Å². The molecule has 1 heterocycles. The first-order chi connectivity index (χ1) is 7.77. The van der Waals surface area contributed by atoms with Crippen molar-refractivity contribution in [2.45, 2.75) is 38.3 Å². The zero-order chi connectivity index (χ0) is 11.4. The molecule has 2 rings (SSSR count). The number of hydrogen-bond donors (Lipinski definition) is 1. The summed E-state index contributed by atoms with van der Waals surface area (Å²) < 4.78 is 19.0. The Hall–Kier alpha value is -1.09. The standard InChI is InChI=1S/C13H18FNO/c1-10(12-7-4-5-9-15-12)16-13-8-3-2-6-11(13)14/h2-3,6,8,10,12,15H,4-5,7,9H2,1H3. The summed E-state index contributed by atoms with van der Waals surface area (Å²) in [6, 6.07) is 6.91. The van der Waals surface area contributed by atoms with Crippen molar-refractivity contribution in [3.8, 4) is 5.75 Å². The van der Waals surface area contributed by atoms with Crippen LogP contribution in [0.2, 0.25) is 0 Å². The summed E-state index contributed by atoms with van der Waals surface area (Å²) in [7, 11) is 0. The number of piperidine rings is 1. The minimum Gasteiger partial charge on any atom is -0.486 e. The van der Waals surface area contributed by atoms with Crippen molar-refractivity contribution in [1.82, 2.24) is 5.32 Å². The molecule has 0 spiro atoms. The molecular formula is C13H18FNO. The van der Waals surface area contributed by atoms with Crippen LogP contribution in [0.3, 0.4) is 0 Å². The molecule has 1 fully saturated rings. The molecule has 1 aliphatic heterocycles. The number of halogens is 1. The van der Waals surface area contributed by atoms with Gasteiger partial charge in [0, 0.05) is 6.04 Å². The molecule has 0 aromatic heterocycles. The lowest BCUT2D eigenvalue weighted by Gasteiger charge is -2.29. The van der Waals surface area contributed by atoms with Crippen LogP contribution in [-0.4, -0.2) is 18.7 Å². The van der Waals surface area contributed by atoms with Gasteiger partial charge in [-0.25, -0.2) is 4.39 Å². The molecule has 2 atom stereocenters. The molecule has 0 aliphatic carbocycles. The van der Waals surface area contributed by atoms with E-state index in [-0.39, 0.29) is 11.9 Å². The summed E-state index contributed by atoms with van der Waals surface area (Å²) >= 11 is 0. The Kier molecular flexibility index (Phi) is 3.78. The van der Waals surface area contributed by atoms with Crippen molar-refractivity contribution in [3.05, 3.63) is 30.1 Å². The van der Waals surface area contributed by atoms with E-state index in [1.165, 1.54) is 18.9 Å². The van der Waals surface area contributed by atoms with E-state index in [0.717, 1.165) is 13.0 Å². The highest BCUT2D eigenvalue weighted by Crippen LogP contribution is 2.20. The Labute approximate surface area is 95.8 Å². The van der Waals surface area contributed by atoms with Crippen LogP contribution in [0.1, 0.15) is 26.2 Å². The number of rotatable bonds is 3. The van der Waals surface area contributed by atoms with Crippen LogP contribution >= 0.6 is 0 Å². The molecule has 1 aromatic rings. The predicted molar refractivity (Wildman–Crippen MR) is 62.1 cm³/mol. The van der Waals surface area contributed by atoms with E-state index >= 15 is 0 Å². The van der Waals surface area contributed by atoms with Crippen LogP contribution in [0, 0.1) is 5.82 Å². The van der Waals surface area contributed by atoms with Crippen LogP contribution in [0.25, 0.3) is 0 Å². The van der Waals surface area contributed by atoms with Gasteiger partial charge in [0.2, 0.25) is 0 Å². The van der Waals surface area contributed by atoms with Gasteiger partial charge < -0.3 is 10.1 Å². The van der Waals surface area contributed by atoms with E-state index in [1.807, 2.05) is 6.92 Å². The molecular weight excluding hydrogens is 205 g/mol. The number of para-hydroxylation sites is 1. The Morgan fingerprint density at radius 2 is 2.19 bits per heavy atom. The maximum Gasteiger partial charge on any atom is 0.165 e. The van der Waals surface area contributed by atoms with E-state index in [4.69, 9.17) is 4.74 Å². The topological polar surface area (TPSA) is 21.3 Å². The normalized spacial score (nSPS) is 22.8. The lowest BCUT2D eigenvalue weighted by molar-refractivity contribution is 0.147. The van der Waals surface area contributed by atoms with Gasteiger partial charge in [-0.2, -0.15) is 0 Å². The highest BCUT2D eigenvalue weighted by Gasteiger charge is 2.21. The van der Waals surface area contributed by atoms with Gasteiger partial charge >= 0.3 is 0 Å². The van der Waals surface area contributed by atoms with Crippen LogP contribution in [0.4, 0.5) is 4.39 Å². The summed E-state index contributed by atoms with van der Waals surface area (Å²) in [5.41, 5.74) is 0. The largest absolute Gasteiger partial charge is 0.486 e. The highest BCUT2D eigenvalue weighted by atomic mass is 19.1. The number of ether oxygens (including phenoxy) is 1. The molecule has 0 radical (unpaired) electrons. The fourth-order valence-corrected chi connectivity index (χ4v) is 2.10. The minimum absolute atomic E-state index is 0.0113. The second kappa shape index (κ2) is 5.30. The monoisotopic (exact) mass is 223 g/mol. The predicted octanol–water partition coefficient (Wildman–Crippen LogP) is 2.74. The smallest absolute Gasteiger partial charge is 0.165 e. The molecule has 1 saturated heterocycles. The highest BCUT2D eigenvalue weighted by molar-refractivity contribution is 5.24. The fourth-order valence-electron chi connectivity index (χ4n) is 2.10. The summed E-state index contributed by atoms with van der Waals surface area (Å²) in [4.78, 5) is 0. The van der Waals surface area contributed by atoms with Gasteiger partial charge in [-0.1, -0.05) is 18.6 Å². The number of hydrogen-bond acceptors (Lipinski definition) is 2. The van der Waals surface area contributed by atoms with Gasteiger partial charge in [0.25, 0.3) is 0 Å². The van der Waals surface area contributed by atoms with Crippen molar-refractivity contribution >= 4 is 0 Å². The maximum atomic E-state index is 13.4. The first-order valence-electron chi connectivity index (χ1n) is 5.92. The summed E-state index contributed by atoms with van der Waals surface area (Å²) in [5.74, 6) is 0.0625. The van der Waals surface area contributed by atoms with Crippen molar-refractivity contribution in [2.24, 2.45) is 0 Å². The summed E-state index contributed by atoms with van der Waals surface area (Å²) in [5, 5.41) is 3.41. The molecule has 16 heavy (non-hydrogen) atoms. The first-order valence-corrected chi connectivity index (χ1v) is 5.92. The lowest BCUT2D eigenvalue weighted by atomic mass is 10.0. The SMILES string of the molecule is CC(Oc1ccccc1F)C1CCCCN1. The van der Waals surface area contributed by atoms with Crippen LogP contribution in [0.5, 0.6) is 5.75 Å². The van der Waals surface area contributed by atoms with Crippen molar-refractivity contribution in [2.75, 3.05) is 6.54 Å². The zero-order valence-corrected chi connectivity index (χ0v) is 9.58. The minimum atomic E-state index is -0.287. The van der Waals surface area contributed by atoms with Gasteiger partial charge in [-0.05, 0) is 38.4 Å². The van der Waals surface area contributed by atoms with Gasteiger partial charge in [-0.3, -0.25) is 0 Å². The van der Waals surface area contributed by atoms with E-state index in [2.05, 4.69) is 5.32 Å². The third-order valence-electron chi connectivity index (χ3n) is 3.06. The van der Waals surface area contributed by atoms with Crippen molar-refractivity contribution < 1.29 is 9.13 Å².